The molecular formula is C48H70N2O8. The first-order valence-corrected chi connectivity index (χ1v) is 21.8. The van der Waals surface area contributed by atoms with Gasteiger partial charge in [-0.15, -0.1) is 0 Å². The number of ether oxygens (including phenoxy) is 1. The van der Waals surface area contributed by atoms with Gasteiger partial charge in [0.05, 0.1) is 17.9 Å². The van der Waals surface area contributed by atoms with E-state index in [-0.39, 0.29) is 71.3 Å². The molecule has 0 unspecified atom stereocenters. The molecule has 5 aliphatic carbocycles. The van der Waals surface area contributed by atoms with Crippen molar-refractivity contribution in [3.63, 3.8) is 0 Å². The van der Waals surface area contributed by atoms with Crippen LogP contribution in [0.2, 0.25) is 0 Å². The Hall–Kier alpha value is -3.53. The molecule has 4 fully saturated rings. The van der Waals surface area contributed by atoms with Gasteiger partial charge in [-0.3, -0.25) is 24.0 Å². The molecule has 320 valence electrons. The number of carboxylic acid groups (broad SMARTS) is 1. The number of ketones is 1. The lowest BCUT2D eigenvalue weighted by Crippen LogP contribution is -2.66. The van der Waals surface area contributed by atoms with E-state index in [1.807, 2.05) is 30.3 Å². The Balaban J connectivity index is 1.31. The van der Waals surface area contributed by atoms with E-state index in [2.05, 4.69) is 48.5 Å². The summed E-state index contributed by atoms with van der Waals surface area (Å²) in [6.07, 6.45) is 5.72. The fourth-order valence-electron chi connectivity index (χ4n) is 13.6. The number of rotatable bonds is 10. The Bertz CT molecular complexity index is 1850. The predicted octanol–water partition coefficient (Wildman–Crippen LogP) is 7.86. The Morgan fingerprint density at radius 2 is 1.52 bits per heavy atom. The molecule has 2 N–H and O–H groups in total. The maximum absolute atomic E-state index is 14.3. The second-order valence-electron chi connectivity index (χ2n) is 21.4. The lowest BCUT2D eigenvalue weighted by molar-refractivity contribution is -0.235. The molecule has 0 aliphatic heterocycles. The van der Waals surface area contributed by atoms with Crippen LogP contribution in [0.1, 0.15) is 132 Å². The molecule has 4 saturated carbocycles. The first kappa shape index (κ1) is 44.0. The third-order valence-electron chi connectivity index (χ3n) is 17.0. The van der Waals surface area contributed by atoms with Crippen LogP contribution in [0.4, 0.5) is 0 Å². The van der Waals surface area contributed by atoms with Crippen molar-refractivity contribution in [3.05, 3.63) is 47.0 Å². The number of hydrogen-bond donors (Lipinski definition) is 2. The van der Waals surface area contributed by atoms with E-state index in [0.717, 1.165) is 61.7 Å². The highest BCUT2D eigenvalue weighted by Gasteiger charge is 2.71. The van der Waals surface area contributed by atoms with Crippen LogP contribution in [0.15, 0.2) is 41.5 Å². The highest BCUT2D eigenvalue weighted by molar-refractivity contribution is 6.34. The number of nitrogens with zero attached hydrogens (tertiary/aromatic N) is 2. The summed E-state index contributed by atoms with van der Waals surface area (Å²) >= 11 is 0. The van der Waals surface area contributed by atoms with Crippen LogP contribution < -0.4 is 0 Å². The van der Waals surface area contributed by atoms with Gasteiger partial charge in [0.2, 0.25) is 0 Å². The van der Waals surface area contributed by atoms with Crippen LogP contribution in [0.3, 0.4) is 0 Å². The average molecular weight is 803 g/mol. The number of aliphatic carboxylic acids is 1. The Morgan fingerprint density at radius 3 is 2.12 bits per heavy atom. The van der Waals surface area contributed by atoms with Crippen LogP contribution in [-0.2, 0) is 35.3 Å². The molecule has 9 atom stereocenters. The summed E-state index contributed by atoms with van der Waals surface area (Å²) in [4.78, 5) is 68.8. The van der Waals surface area contributed by atoms with Crippen molar-refractivity contribution in [2.75, 3.05) is 20.6 Å². The summed E-state index contributed by atoms with van der Waals surface area (Å²) in [6.45, 7) is 19.3. The summed E-state index contributed by atoms with van der Waals surface area (Å²) in [5.74, 6) is -1.91. The van der Waals surface area contributed by atoms with Gasteiger partial charge in [-0.25, -0.2) is 0 Å². The van der Waals surface area contributed by atoms with E-state index in [1.165, 1.54) is 9.80 Å². The predicted molar refractivity (Wildman–Crippen MR) is 222 cm³/mol. The first-order valence-electron chi connectivity index (χ1n) is 21.8. The molecule has 6 rings (SSSR count). The maximum Gasteiger partial charge on any atom is 0.312 e. The van der Waals surface area contributed by atoms with Crippen molar-refractivity contribution in [1.82, 2.24) is 9.80 Å². The van der Waals surface area contributed by atoms with Crippen molar-refractivity contribution in [3.8, 4) is 0 Å². The third-order valence-corrected chi connectivity index (χ3v) is 17.0. The number of carboxylic acids is 1. The number of hydrogen-bond acceptors (Lipinski definition) is 7. The monoisotopic (exact) mass is 803 g/mol. The molecule has 58 heavy (non-hydrogen) atoms. The Kier molecular flexibility index (Phi) is 11.5. The van der Waals surface area contributed by atoms with Gasteiger partial charge in [-0.2, -0.15) is 0 Å². The molecule has 0 saturated heterocycles. The fraction of sp³-hybridized carbons (Fsp3) is 0.729. The van der Waals surface area contributed by atoms with Crippen molar-refractivity contribution < 1.29 is 38.9 Å². The lowest BCUT2D eigenvalue weighted by Gasteiger charge is -2.72. The summed E-state index contributed by atoms with van der Waals surface area (Å²) in [5, 5.41) is 22.2. The zero-order chi connectivity index (χ0) is 43.0. The van der Waals surface area contributed by atoms with Gasteiger partial charge in [-0.05, 0) is 116 Å². The fourth-order valence-corrected chi connectivity index (χ4v) is 13.6. The van der Waals surface area contributed by atoms with Crippen LogP contribution in [-0.4, -0.2) is 82.4 Å². The summed E-state index contributed by atoms with van der Waals surface area (Å²) in [7, 11) is 3.11. The molecule has 2 amide bonds. The van der Waals surface area contributed by atoms with Crippen molar-refractivity contribution in [1.29, 1.82) is 0 Å². The summed E-state index contributed by atoms with van der Waals surface area (Å²) < 4.78 is 6.17. The van der Waals surface area contributed by atoms with Crippen LogP contribution in [0, 0.1) is 56.2 Å². The number of aliphatic hydroxyl groups excluding tert-OH is 1. The molecule has 0 spiro atoms. The second kappa shape index (κ2) is 15.2. The van der Waals surface area contributed by atoms with Gasteiger partial charge in [-0.1, -0.05) is 84.4 Å². The standard InChI is InChI=1S/C48H70N2O8/c1-29(2)38-32(51)25-48(35(52)28-50(41(55)40(54)49(10)11)27-30-15-13-12-14-16-30)24-23-46(8)31(39(38)48)17-18-34-45(7)21-20-36(58-37(53)26-43(3,4)42(56)57)44(5,6)33(45)19-22-47(34,46)9/h12-16,29,31,33-36,52H,17-28H2,1-11H3,(H,56,57)/t31-,33+,34-,35+,36+,45+,46-,47-,48+/m1/s1. The van der Waals surface area contributed by atoms with Gasteiger partial charge in [0, 0.05) is 44.4 Å². The van der Waals surface area contributed by atoms with Crippen LogP contribution in [0.25, 0.3) is 0 Å². The molecular weight excluding hydrogens is 733 g/mol. The number of amides is 2. The number of benzene rings is 1. The average Bonchev–Trinajstić information content (AvgIpc) is 3.45. The lowest BCUT2D eigenvalue weighted by atomic mass is 9.33. The van der Waals surface area contributed by atoms with Gasteiger partial charge in [0.1, 0.15) is 6.10 Å². The number of carbonyl (C=O) groups excluding carboxylic acids is 4. The highest BCUT2D eigenvalue weighted by atomic mass is 16.5. The molecule has 10 heteroatoms. The zero-order valence-electron chi connectivity index (χ0n) is 37.1. The number of carbonyl (C=O) groups is 5. The van der Waals surface area contributed by atoms with Crippen molar-refractivity contribution >= 4 is 29.5 Å². The number of Topliss-reactive ketones (excluding diaryl/α,β-unsaturated/α-hetero) is 1. The first-order chi connectivity index (χ1) is 26.9. The minimum atomic E-state index is -1.20. The molecule has 10 nitrogen and oxygen atoms in total. The van der Waals surface area contributed by atoms with E-state index in [9.17, 15) is 34.2 Å². The number of allylic oxidation sites excluding steroid dienone is 1. The normalized spacial score (nSPS) is 34.6. The topological polar surface area (TPSA) is 142 Å². The largest absolute Gasteiger partial charge is 0.481 e. The zero-order valence-corrected chi connectivity index (χ0v) is 37.1. The number of aliphatic hydroxyl groups is 1. The van der Waals surface area contributed by atoms with E-state index < -0.39 is 40.7 Å². The number of fused-ring (bicyclic) bond motifs is 7. The number of esters is 1. The van der Waals surface area contributed by atoms with Gasteiger partial charge < -0.3 is 24.7 Å². The Morgan fingerprint density at radius 1 is 0.862 bits per heavy atom. The van der Waals surface area contributed by atoms with Gasteiger partial charge in [0.25, 0.3) is 0 Å². The molecule has 0 heterocycles. The smallest absolute Gasteiger partial charge is 0.312 e. The summed E-state index contributed by atoms with van der Waals surface area (Å²) in [5.41, 5.74) is 0.295. The molecule has 0 aromatic heterocycles. The van der Waals surface area contributed by atoms with Crippen LogP contribution >= 0.6 is 0 Å². The van der Waals surface area contributed by atoms with Crippen molar-refractivity contribution in [2.45, 2.75) is 145 Å². The quantitative estimate of drug-likeness (QED) is 0.180. The number of likely N-dealkylation sites (N-methyl/N-ethyl adjacent to an activating group) is 1. The second-order valence-corrected chi connectivity index (χ2v) is 21.4. The molecule has 1 aromatic rings. The van der Waals surface area contributed by atoms with Crippen LogP contribution in [0.5, 0.6) is 0 Å². The SMILES string of the molecule is CC(C)C1=C2[C@H]3CC[C@@H]4[C@@]5(C)CC[C@H](OC(=O)CC(C)(C)C(=O)O)C(C)(C)[C@@H]5CC[C@@]4(C)[C@]3(C)CC[C@@]2([C@@H](O)CN(Cc2ccccc2)C(=O)C(=O)N(C)C)CC1=O. The minimum absolute atomic E-state index is 0.0141. The summed E-state index contributed by atoms with van der Waals surface area (Å²) in [6, 6.07) is 9.52. The molecule has 1 aromatic carbocycles. The molecule has 5 aliphatic rings. The third kappa shape index (κ3) is 6.95. The molecule has 0 radical (unpaired) electrons. The van der Waals surface area contributed by atoms with E-state index >= 15 is 0 Å². The van der Waals surface area contributed by atoms with Gasteiger partial charge in [0.15, 0.2) is 5.78 Å². The van der Waals surface area contributed by atoms with E-state index in [0.29, 0.717) is 18.3 Å². The molecule has 0 bridgehead atoms. The maximum atomic E-state index is 14.3. The van der Waals surface area contributed by atoms with Gasteiger partial charge >= 0.3 is 23.8 Å². The Labute approximate surface area is 346 Å². The van der Waals surface area contributed by atoms with E-state index in [1.54, 1.807) is 27.9 Å². The van der Waals surface area contributed by atoms with E-state index in [4.69, 9.17) is 4.74 Å². The van der Waals surface area contributed by atoms with Crippen molar-refractivity contribution in [2.24, 2.45) is 56.2 Å². The highest BCUT2D eigenvalue weighted by Crippen LogP contribution is 2.77. The minimum Gasteiger partial charge on any atom is -0.481 e.